The Balaban J connectivity index is 1.55. The average molecular weight is 622 g/mol. The number of carbonyl (C=O) groups excluding carboxylic acids is 1. The zero-order valence-electron chi connectivity index (χ0n) is 27.3. The number of fused-ring (bicyclic) bond motifs is 1. The Bertz CT molecular complexity index is 1820. The quantitative estimate of drug-likeness (QED) is 0.130. The molecule has 0 fully saturated rings. The monoisotopic (exact) mass is 621 g/mol. The van der Waals surface area contributed by atoms with E-state index in [1.807, 2.05) is 54.6 Å². The van der Waals surface area contributed by atoms with Crippen LogP contribution < -0.4 is 20.9 Å². The van der Waals surface area contributed by atoms with E-state index < -0.39 is 6.03 Å². The second-order valence-corrected chi connectivity index (χ2v) is 12.0. The van der Waals surface area contributed by atoms with Gasteiger partial charge in [0.05, 0.1) is 6.61 Å². The van der Waals surface area contributed by atoms with Gasteiger partial charge in [-0.05, 0) is 59.2 Å². The largest absolute Gasteiger partial charge is 0.494 e. The van der Waals surface area contributed by atoms with Crippen molar-refractivity contribution in [3.63, 3.8) is 0 Å². The van der Waals surface area contributed by atoms with Gasteiger partial charge in [-0.15, -0.1) is 0 Å². The standard InChI is InChI=1S/C36H43N7O3/c1-6-7-19-43-34-30(16-10-17-38-34)31(26-12-8-13-27(21-26)46-20-11-18-42-23-37-22-39-42)33(35(43)44)41-36(45)40-32-28(24(2)3)14-9-15-29(32)25(4)5/h8-10,12-17,21-25H,6-7,11,18-20H2,1-5H3,(H2,40,41,45). The number of nitrogens with zero attached hydrogens (tertiary/aromatic N) is 5. The molecule has 0 saturated carbocycles. The highest BCUT2D eigenvalue weighted by atomic mass is 16.5. The highest BCUT2D eigenvalue weighted by Crippen LogP contribution is 2.36. The first kappa shape index (κ1) is 32.4. The lowest BCUT2D eigenvalue weighted by molar-refractivity contribution is 0.262. The smallest absolute Gasteiger partial charge is 0.323 e. The highest BCUT2D eigenvalue weighted by Gasteiger charge is 2.23. The number of hydrogen-bond donors (Lipinski definition) is 2. The molecule has 2 amide bonds. The van der Waals surface area contributed by atoms with Crippen LogP contribution in [0.15, 0.2) is 78.2 Å². The van der Waals surface area contributed by atoms with Crippen molar-refractivity contribution >= 4 is 28.4 Å². The number of hydrogen-bond acceptors (Lipinski definition) is 6. The van der Waals surface area contributed by atoms with Crippen LogP contribution in [0.5, 0.6) is 5.75 Å². The summed E-state index contributed by atoms with van der Waals surface area (Å²) in [7, 11) is 0. The molecule has 3 aromatic heterocycles. The summed E-state index contributed by atoms with van der Waals surface area (Å²) >= 11 is 0. The Kier molecular flexibility index (Phi) is 10.5. The number of carbonyl (C=O) groups is 1. The van der Waals surface area contributed by atoms with E-state index in [0.29, 0.717) is 36.7 Å². The molecule has 0 saturated heterocycles. The Morgan fingerprint density at radius 1 is 0.913 bits per heavy atom. The predicted octanol–water partition coefficient (Wildman–Crippen LogP) is 7.82. The maximum absolute atomic E-state index is 14.3. The van der Waals surface area contributed by atoms with Crippen LogP contribution in [0.25, 0.3) is 22.2 Å². The van der Waals surface area contributed by atoms with E-state index in [1.54, 1.807) is 21.8 Å². The van der Waals surface area contributed by atoms with Crippen molar-refractivity contribution in [3.05, 3.63) is 94.9 Å². The number of benzene rings is 2. The lowest BCUT2D eigenvalue weighted by Crippen LogP contribution is -2.30. The van der Waals surface area contributed by atoms with Crippen LogP contribution in [0.2, 0.25) is 0 Å². The molecule has 5 aromatic rings. The molecular formula is C36H43N7O3. The molecule has 0 radical (unpaired) electrons. The predicted molar refractivity (Wildman–Crippen MR) is 184 cm³/mol. The number of anilines is 2. The molecule has 2 aromatic carbocycles. The summed E-state index contributed by atoms with van der Waals surface area (Å²) in [5, 5.41) is 11.0. The van der Waals surface area contributed by atoms with Crippen LogP contribution in [0.1, 0.15) is 76.8 Å². The molecule has 10 nitrogen and oxygen atoms in total. The fraction of sp³-hybridized carbons (Fsp3) is 0.361. The molecule has 0 atom stereocenters. The topological polar surface area (TPSA) is 116 Å². The number of aryl methyl sites for hydroxylation is 2. The summed E-state index contributed by atoms with van der Waals surface area (Å²) in [6.45, 7) is 12.2. The Labute approximate surface area is 269 Å². The third-order valence-corrected chi connectivity index (χ3v) is 8.00. The number of urea groups is 1. The molecule has 5 rings (SSSR count). The summed E-state index contributed by atoms with van der Waals surface area (Å²) in [6, 6.07) is 17.0. The summed E-state index contributed by atoms with van der Waals surface area (Å²) in [4.78, 5) is 36.7. The number of pyridine rings is 2. The molecule has 0 spiro atoms. The van der Waals surface area contributed by atoms with E-state index in [9.17, 15) is 9.59 Å². The van der Waals surface area contributed by atoms with Crippen LogP contribution in [0.4, 0.5) is 16.2 Å². The van der Waals surface area contributed by atoms with E-state index in [4.69, 9.17) is 4.74 Å². The molecule has 0 aliphatic carbocycles. The van der Waals surface area contributed by atoms with Gasteiger partial charge in [0.1, 0.15) is 29.7 Å². The number of rotatable bonds is 13. The number of unbranched alkanes of at least 4 members (excludes halogenated alkanes) is 1. The van der Waals surface area contributed by atoms with Gasteiger partial charge >= 0.3 is 6.03 Å². The van der Waals surface area contributed by atoms with E-state index >= 15 is 0 Å². The van der Waals surface area contributed by atoms with Gasteiger partial charge in [-0.1, -0.05) is 71.4 Å². The molecule has 0 bridgehead atoms. The van der Waals surface area contributed by atoms with Crippen LogP contribution in [0.3, 0.4) is 0 Å². The summed E-state index contributed by atoms with van der Waals surface area (Å²) in [5.74, 6) is 1.05. The first-order valence-corrected chi connectivity index (χ1v) is 16.1. The van der Waals surface area contributed by atoms with E-state index in [0.717, 1.165) is 47.0 Å². The SMILES string of the molecule is CCCCn1c(=O)c(NC(=O)Nc2c(C(C)C)cccc2C(C)C)c(-c2cccc(OCCCn3cncn3)c2)c2cccnc21. The summed E-state index contributed by atoms with van der Waals surface area (Å²) in [6.07, 6.45) is 7.34. The number of para-hydroxylation sites is 1. The van der Waals surface area contributed by atoms with Crippen molar-refractivity contribution < 1.29 is 9.53 Å². The van der Waals surface area contributed by atoms with Gasteiger partial charge in [0.15, 0.2) is 0 Å². The van der Waals surface area contributed by atoms with E-state index in [2.05, 4.69) is 60.3 Å². The minimum Gasteiger partial charge on any atom is -0.494 e. The number of nitrogens with one attached hydrogen (secondary N) is 2. The Hall–Kier alpha value is -4.99. The molecule has 0 aliphatic heterocycles. The molecule has 3 heterocycles. The fourth-order valence-electron chi connectivity index (χ4n) is 5.68. The minimum absolute atomic E-state index is 0.196. The van der Waals surface area contributed by atoms with Gasteiger partial charge in [0.2, 0.25) is 0 Å². The van der Waals surface area contributed by atoms with Gasteiger partial charge in [-0.3, -0.25) is 14.0 Å². The average Bonchev–Trinajstić information content (AvgIpc) is 3.57. The van der Waals surface area contributed by atoms with Gasteiger partial charge < -0.3 is 15.4 Å². The van der Waals surface area contributed by atoms with Gasteiger partial charge in [-0.2, -0.15) is 5.10 Å². The lowest BCUT2D eigenvalue weighted by Gasteiger charge is -2.22. The fourth-order valence-corrected chi connectivity index (χ4v) is 5.68. The first-order chi connectivity index (χ1) is 22.3. The molecule has 240 valence electrons. The first-order valence-electron chi connectivity index (χ1n) is 16.1. The minimum atomic E-state index is -0.473. The second-order valence-electron chi connectivity index (χ2n) is 12.0. The van der Waals surface area contributed by atoms with Crippen LogP contribution in [0, 0.1) is 0 Å². The molecule has 0 unspecified atom stereocenters. The van der Waals surface area contributed by atoms with Crippen molar-refractivity contribution in [2.24, 2.45) is 0 Å². The van der Waals surface area contributed by atoms with Crippen LogP contribution >= 0.6 is 0 Å². The molecule has 2 N–H and O–H groups in total. The Morgan fingerprint density at radius 3 is 2.35 bits per heavy atom. The zero-order valence-corrected chi connectivity index (χ0v) is 27.3. The number of aromatic nitrogens is 5. The van der Waals surface area contributed by atoms with Crippen LogP contribution in [-0.2, 0) is 13.1 Å². The Morgan fingerprint density at radius 2 is 1.65 bits per heavy atom. The third kappa shape index (κ3) is 7.28. The molecule has 46 heavy (non-hydrogen) atoms. The molecule has 10 heteroatoms. The van der Waals surface area contributed by atoms with Crippen molar-refractivity contribution in [1.29, 1.82) is 0 Å². The van der Waals surface area contributed by atoms with Gasteiger partial charge in [-0.25, -0.2) is 14.8 Å². The van der Waals surface area contributed by atoms with Crippen molar-refractivity contribution in [2.45, 2.75) is 78.8 Å². The van der Waals surface area contributed by atoms with E-state index in [-0.39, 0.29) is 23.1 Å². The summed E-state index contributed by atoms with van der Waals surface area (Å²) < 4.78 is 9.53. The van der Waals surface area contributed by atoms with Crippen molar-refractivity contribution in [3.8, 4) is 16.9 Å². The van der Waals surface area contributed by atoms with Gasteiger partial charge in [0.25, 0.3) is 5.56 Å². The summed E-state index contributed by atoms with van der Waals surface area (Å²) in [5.41, 5.74) is 4.68. The molecular weight excluding hydrogens is 578 g/mol. The van der Waals surface area contributed by atoms with E-state index in [1.165, 1.54) is 6.33 Å². The zero-order chi connectivity index (χ0) is 32.6. The number of ether oxygens (including phenoxy) is 1. The normalized spacial score (nSPS) is 11.4. The second kappa shape index (κ2) is 14.9. The third-order valence-electron chi connectivity index (χ3n) is 8.00. The van der Waals surface area contributed by atoms with Crippen LogP contribution in [-0.4, -0.2) is 37.0 Å². The maximum Gasteiger partial charge on any atom is 0.323 e. The number of amides is 2. The molecule has 0 aliphatic rings. The lowest BCUT2D eigenvalue weighted by atomic mass is 9.93. The van der Waals surface area contributed by atoms with Gasteiger partial charge in [0, 0.05) is 42.3 Å². The maximum atomic E-state index is 14.3. The van der Waals surface area contributed by atoms with Crippen molar-refractivity contribution in [2.75, 3.05) is 17.2 Å². The van der Waals surface area contributed by atoms with Crippen molar-refractivity contribution in [1.82, 2.24) is 24.3 Å². The highest BCUT2D eigenvalue weighted by molar-refractivity contribution is 6.07.